The van der Waals surface area contributed by atoms with Crippen LogP contribution in [-0.4, -0.2) is 60.2 Å². The number of hydrogen-bond acceptors (Lipinski definition) is 7. The van der Waals surface area contributed by atoms with E-state index in [9.17, 15) is 14.4 Å². The Morgan fingerprint density at radius 1 is 1.24 bits per heavy atom. The smallest absolute Gasteiger partial charge is 0.243 e. The van der Waals surface area contributed by atoms with Crippen LogP contribution in [0.15, 0.2) is 23.2 Å². The summed E-state index contributed by atoms with van der Waals surface area (Å²) in [6, 6.07) is 1.26. The Kier molecular flexibility index (Phi) is 19.7. The van der Waals surface area contributed by atoms with Gasteiger partial charge in [-0.2, -0.15) is 5.26 Å². The Labute approximate surface area is 284 Å². The first-order valence-electron chi connectivity index (χ1n) is 14.0. The molecule has 1 aromatic rings. The van der Waals surface area contributed by atoms with Crippen LogP contribution in [0.3, 0.4) is 0 Å². The second kappa shape index (κ2) is 19.5. The Morgan fingerprint density at radius 2 is 1.88 bits per heavy atom. The van der Waals surface area contributed by atoms with Gasteiger partial charge in [-0.3, -0.25) is 9.59 Å². The Hall–Kier alpha value is -1.73. The van der Waals surface area contributed by atoms with Gasteiger partial charge < -0.3 is 35.2 Å². The van der Waals surface area contributed by atoms with Crippen molar-refractivity contribution in [2.45, 2.75) is 92.2 Å². The first-order chi connectivity index (χ1) is 18.5. The van der Waals surface area contributed by atoms with Gasteiger partial charge in [0, 0.05) is 45.8 Å². The quantitative estimate of drug-likeness (QED) is 0.283. The number of aldehydes is 1. The van der Waals surface area contributed by atoms with Crippen molar-refractivity contribution >= 4 is 35.0 Å². The summed E-state index contributed by atoms with van der Waals surface area (Å²) in [5, 5.41) is 14.4. The molecule has 2 unspecified atom stereocenters. The fourth-order valence-corrected chi connectivity index (χ4v) is 5.59. The molecule has 10 heteroatoms. The molecular formula is C32H51N5O3SY-2. The minimum Gasteiger partial charge on any atom is -0.358 e. The number of thiazole rings is 1. The number of likely N-dealkylation sites (N-methyl/N-ethyl adjacent to an activating group) is 1. The molecule has 1 saturated heterocycles. The van der Waals surface area contributed by atoms with Crippen molar-refractivity contribution in [1.29, 1.82) is 5.26 Å². The molecule has 1 saturated carbocycles. The zero-order valence-corrected chi connectivity index (χ0v) is 30.8. The zero-order valence-electron chi connectivity index (χ0n) is 27.2. The number of hydrogen-bond donors (Lipinski definition) is 2. The monoisotopic (exact) mass is 674 g/mol. The summed E-state index contributed by atoms with van der Waals surface area (Å²) >= 11 is 1.68. The van der Waals surface area contributed by atoms with Gasteiger partial charge in [0.05, 0.1) is 28.2 Å². The number of allylic oxidation sites excluding steroid dienone is 3. The molecule has 2 heterocycles. The molecular weight excluding hydrogens is 623 g/mol. The fraction of sp³-hybridized carbons (Fsp3) is 0.594. The van der Waals surface area contributed by atoms with Gasteiger partial charge in [-0.1, -0.05) is 52.3 Å². The number of nitrogens with one attached hydrogen (secondary N) is 2. The third-order valence-corrected chi connectivity index (χ3v) is 8.24. The van der Waals surface area contributed by atoms with E-state index in [1.807, 2.05) is 60.2 Å². The van der Waals surface area contributed by atoms with Crippen molar-refractivity contribution in [2.24, 2.45) is 10.8 Å². The van der Waals surface area contributed by atoms with E-state index in [-0.39, 0.29) is 76.9 Å². The van der Waals surface area contributed by atoms with Gasteiger partial charge in [-0.15, -0.1) is 11.3 Å². The minimum absolute atomic E-state index is 0. The molecule has 0 spiro atoms. The maximum Gasteiger partial charge on any atom is 0.243 e. The summed E-state index contributed by atoms with van der Waals surface area (Å²) in [4.78, 5) is 43.2. The number of aromatic nitrogens is 1. The van der Waals surface area contributed by atoms with Gasteiger partial charge in [0.15, 0.2) is 0 Å². The molecule has 42 heavy (non-hydrogen) atoms. The van der Waals surface area contributed by atoms with Crippen LogP contribution in [0.25, 0.3) is 5.57 Å². The first kappa shape index (κ1) is 42.4. The van der Waals surface area contributed by atoms with Crippen LogP contribution in [0.1, 0.15) is 83.7 Å². The number of rotatable bonds is 7. The summed E-state index contributed by atoms with van der Waals surface area (Å²) in [7, 11) is 1.81. The fourth-order valence-electron chi connectivity index (χ4n) is 4.73. The van der Waals surface area contributed by atoms with Crippen LogP contribution < -0.4 is 10.6 Å². The summed E-state index contributed by atoms with van der Waals surface area (Å²) in [5.74, 6) is -0.0226. The van der Waals surface area contributed by atoms with E-state index in [1.54, 1.807) is 16.2 Å². The van der Waals surface area contributed by atoms with E-state index in [0.717, 1.165) is 50.5 Å². The van der Waals surface area contributed by atoms with Gasteiger partial charge in [-0.25, -0.2) is 4.98 Å². The predicted octanol–water partition coefficient (Wildman–Crippen LogP) is 5.71. The molecule has 1 aliphatic heterocycles. The Bertz CT molecular complexity index is 1110. The van der Waals surface area contributed by atoms with Crippen molar-refractivity contribution < 1.29 is 47.1 Å². The molecule has 8 nitrogen and oxygen atoms in total. The SMILES string of the molecule is CC.CNC(C(=O)N1CCCC1C(=O)NCC1=CC=C(c2scnc2C)CC1)C(C)(C)C.N#CC1(C=O)CC1.[CH3-].[CH3-].[Y]. The van der Waals surface area contributed by atoms with E-state index in [2.05, 4.69) is 27.8 Å². The maximum atomic E-state index is 13.1. The van der Waals surface area contributed by atoms with E-state index in [1.165, 1.54) is 16.0 Å². The third kappa shape index (κ3) is 11.4. The number of carbonyl (C=O) groups is 3. The topological polar surface area (TPSA) is 115 Å². The van der Waals surface area contributed by atoms with Crippen LogP contribution >= 0.6 is 11.3 Å². The van der Waals surface area contributed by atoms with Crippen molar-refractivity contribution in [2.75, 3.05) is 20.1 Å². The van der Waals surface area contributed by atoms with E-state index in [0.29, 0.717) is 13.1 Å². The van der Waals surface area contributed by atoms with Crippen LogP contribution in [-0.2, 0) is 47.1 Å². The molecule has 2 atom stereocenters. The van der Waals surface area contributed by atoms with Crippen molar-refractivity contribution in [3.8, 4) is 6.07 Å². The van der Waals surface area contributed by atoms with Crippen LogP contribution in [0.2, 0.25) is 0 Å². The van der Waals surface area contributed by atoms with E-state index in [4.69, 9.17) is 5.26 Å². The summed E-state index contributed by atoms with van der Waals surface area (Å²) in [6.07, 6.45) is 10.0. The molecule has 2 aliphatic carbocycles. The average Bonchev–Trinajstić information content (AvgIpc) is 3.33. The molecule has 0 aromatic carbocycles. The second-order valence-electron chi connectivity index (χ2n) is 11.2. The van der Waals surface area contributed by atoms with Gasteiger partial charge in [0.2, 0.25) is 11.8 Å². The molecule has 4 rings (SSSR count). The molecule has 3 aliphatic rings. The summed E-state index contributed by atoms with van der Waals surface area (Å²) < 4.78 is 0. The molecule has 1 radical (unpaired) electrons. The number of nitrogens with zero attached hydrogens (tertiary/aromatic N) is 3. The molecule has 2 N–H and O–H groups in total. The number of nitriles is 1. The first-order valence-corrected chi connectivity index (χ1v) is 14.9. The minimum atomic E-state index is -0.542. The second-order valence-corrected chi connectivity index (χ2v) is 12.0. The van der Waals surface area contributed by atoms with Crippen molar-refractivity contribution in [3.63, 3.8) is 0 Å². The van der Waals surface area contributed by atoms with E-state index < -0.39 is 5.41 Å². The normalized spacial score (nSPS) is 18.6. The van der Waals surface area contributed by atoms with Crippen LogP contribution in [0.4, 0.5) is 0 Å². The molecule has 233 valence electrons. The van der Waals surface area contributed by atoms with E-state index >= 15 is 0 Å². The summed E-state index contributed by atoms with van der Waals surface area (Å²) in [5.41, 5.74) is 4.75. The van der Waals surface area contributed by atoms with Crippen LogP contribution in [0.5, 0.6) is 0 Å². The average molecular weight is 675 g/mol. The van der Waals surface area contributed by atoms with Crippen molar-refractivity contribution in [3.05, 3.63) is 48.7 Å². The maximum absolute atomic E-state index is 13.1. The standard InChI is InChI=1S/C23H34N4O2S.C5H5NO.C2H6.2CH3.Y/c1-15-19(30-14-26-15)17-10-8-16(9-11-17)13-25-21(28)18-7-6-12-27(18)22(29)20(24-5)23(2,3)4;6-3-5(4-7)1-2-5;1-2;;;/h8,10,14,18,20,24H,6-7,9,11-13H2,1-5H3,(H,25,28);4H,1-2H2;1-2H3;2*1H3;/q;;;2*-1;. The third-order valence-electron chi connectivity index (χ3n) is 7.24. The number of carbonyl (C=O) groups excluding carboxylic acids is 3. The van der Waals surface area contributed by atoms with Gasteiger partial charge >= 0.3 is 0 Å². The van der Waals surface area contributed by atoms with Crippen molar-refractivity contribution in [1.82, 2.24) is 20.5 Å². The predicted molar refractivity (Wildman–Crippen MR) is 170 cm³/mol. The molecule has 2 amide bonds. The van der Waals surface area contributed by atoms with Crippen LogP contribution in [0, 0.1) is 43.9 Å². The summed E-state index contributed by atoms with van der Waals surface area (Å²) in [6.45, 7) is 13.4. The largest absolute Gasteiger partial charge is 0.358 e. The zero-order chi connectivity index (χ0) is 29.2. The molecule has 2 fully saturated rings. The van der Waals surface area contributed by atoms with Gasteiger partial charge in [0.1, 0.15) is 17.7 Å². The number of amides is 2. The van der Waals surface area contributed by atoms with Gasteiger partial charge in [-0.05, 0) is 63.5 Å². The Balaban J connectivity index is 0. The number of likely N-dealkylation sites (tertiary alicyclic amines) is 1. The molecule has 1 aromatic heterocycles. The Morgan fingerprint density at radius 3 is 2.29 bits per heavy atom. The number of aryl methyl sites for hydroxylation is 1. The molecule has 0 bridgehead atoms. The van der Waals surface area contributed by atoms with Gasteiger partial charge in [0.25, 0.3) is 0 Å².